The molecule has 0 saturated carbocycles. The topological polar surface area (TPSA) is 100 Å². The maximum Gasteiger partial charge on any atom is 0.293 e. The van der Waals surface area contributed by atoms with Gasteiger partial charge in [0.2, 0.25) is 11.1 Å². The SMILES string of the molecule is CN1CCN(c2nc3c(cc2F)c(=O)c2c(=O)[nH]oc2n3-c2ccncc2)CC1. The quantitative estimate of drug-likeness (QED) is 0.542. The minimum atomic E-state index is -0.668. The van der Waals surface area contributed by atoms with E-state index in [1.54, 1.807) is 24.5 Å². The lowest BCUT2D eigenvalue weighted by molar-refractivity contribution is 0.311. The Morgan fingerprint density at radius 2 is 1.86 bits per heavy atom. The Balaban J connectivity index is 1.86. The van der Waals surface area contributed by atoms with Gasteiger partial charge in [-0.3, -0.25) is 19.1 Å². The molecule has 0 unspecified atom stereocenters. The standard InChI is InChI=1S/C19H17FN6O3/c1-24-6-8-25(9-7-24)17-13(20)10-12-15(27)14-18(28)23-29-19(14)26(16(12)22-17)11-2-4-21-5-3-11/h2-5,10H,6-9H2,1H3,(H,23,28). The summed E-state index contributed by atoms with van der Waals surface area (Å²) in [6.45, 7) is 2.80. The summed E-state index contributed by atoms with van der Waals surface area (Å²) in [5, 5.41) is 2.03. The van der Waals surface area contributed by atoms with E-state index in [9.17, 15) is 14.0 Å². The third-order valence-electron chi connectivity index (χ3n) is 5.23. The highest BCUT2D eigenvalue weighted by Crippen LogP contribution is 2.26. The molecule has 5 heterocycles. The molecule has 0 atom stereocenters. The first kappa shape index (κ1) is 17.6. The van der Waals surface area contributed by atoms with Crippen LogP contribution in [-0.2, 0) is 0 Å². The summed E-state index contributed by atoms with van der Waals surface area (Å²) in [4.78, 5) is 37.6. The highest BCUT2D eigenvalue weighted by Gasteiger charge is 2.24. The minimum absolute atomic E-state index is 0.0107. The van der Waals surface area contributed by atoms with E-state index in [-0.39, 0.29) is 28.0 Å². The highest BCUT2D eigenvalue weighted by atomic mass is 19.1. The summed E-state index contributed by atoms with van der Waals surface area (Å²) in [6.07, 6.45) is 3.14. The molecule has 9 nitrogen and oxygen atoms in total. The van der Waals surface area contributed by atoms with Crippen LogP contribution >= 0.6 is 0 Å². The van der Waals surface area contributed by atoms with Crippen molar-refractivity contribution in [2.24, 2.45) is 0 Å². The van der Waals surface area contributed by atoms with Crippen LogP contribution < -0.4 is 15.9 Å². The fourth-order valence-corrected chi connectivity index (χ4v) is 3.66. The number of hydrogen-bond acceptors (Lipinski definition) is 7. The molecule has 4 aromatic heterocycles. The Labute approximate surface area is 163 Å². The van der Waals surface area contributed by atoms with Gasteiger partial charge in [-0.1, -0.05) is 0 Å². The molecule has 10 heteroatoms. The number of halogens is 1. The van der Waals surface area contributed by atoms with Gasteiger partial charge in [-0.25, -0.2) is 9.37 Å². The van der Waals surface area contributed by atoms with Crippen LogP contribution in [0.5, 0.6) is 0 Å². The van der Waals surface area contributed by atoms with Crippen molar-refractivity contribution in [3.05, 3.63) is 57.0 Å². The lowest BCUT2D eigenvalue weighted by Crippen LogP contribution is -2.45. The highest BCUT2D eigenvalue weighted by molar-refractivity contribution is 5.91. The van der Waals surface area contributed by atoms with Crippen LogP contribution in [0.1, 0.15) is 0 Å². The Morgan fingerprint density at radius 3 is 2.59 bits per heavy atom. The number of aromatic nitrogens is 4. The Bertz CT molecular complexity index is 1340. The van der Waals surface area contributed by atoms with E-state index < -0.39 is 16.8 Å². The number of pyridine rings is 3. The zero-order valence-corrected chi connectivity index (χ0v) is 15.6. The summed E-state index contributed by atoms with van der Waals surface area (Å²) in [5.74, 6) is -0.426. The molecule has 4 aromatic rings. The zero-order chi connectivity index (χ0) is 20.1. The summed E-state index contributed by atoms with van der Waals surface area (Å²) in [5.41, 5.74) is -0.458. The van der Waals surface area contributed by atoms with Gasteiger partial charge in [-0.2, -0.15) is 5.16 Å². The Morgan fingerprint density at radius 1 is 1.14 bits per heavy atom. The van der Waals surface area contributed by atoms with Crippen molar-refractivity contribution in [3.8, 4) is 5.69 Å². The number of rotatable bonds is 2. The van der Waals surface area contributed by atoms with E-state index in [4.69, 9.17) is 4.52 Å². The van der Waals surface area contributed by atoms with E-state index in [2.05, 4.69) is 20.0 Å². The number of nitrogens with zero attached hydrogens (tertiary/aromatic N) is 5. The van der Waals surface area contributed by atoms with Gasteiger partial charge in [-0.05, 0) is 25.2 Å². The fraction of sp³-hybridized carbons (Fsp3) is 0.263. The van der Waals surface area contributed by atoms with Crippen molar-refractivity contribution < 1.29 is 8.91 Å². The van der Waals surface area contributed by atoms with Crippen molar-refractivity contribution >= 4 is 28.0 Å². The predicted molar refractivity (Wildman–Crippen MR) is 105 cm³/mol. The molecule has 0 aromatic carbocycles. The molecule has 1 saturated heterocycles. The molecular weight excluding hydrogens is 379 g/mol. The number of fused-ring (bicyclic) bond motifs is 2. The summed E-state index contributed by atoms with van der Waals surface area (Å²) >= 11 is 0. The number of nitrogens with one attached hydrogen (secondary N) is 1. The average Bonchev–Trinajstić information content (AvgIpc) is 3.11. The Hall–Kier alpha value is -3.53. The molecule has 0 radical (unpaired) electrons. The maximum absolute atomic E-state index is 15.0. The van der Waals surface area contributed by atoms with E-state index >= 15 is 0 Å². The van der Waals surface area contributed by atoms with Crippen LogP contribution in [0, 0.1) is 5.82 Å². The molecule has 5 rings (SSSR count). The molecule has 29 heavy (non-hydrogen) atoms. The number of piperazine rings is 1. The lowest BCUT2D eigenvalue weighted by Gasteiger charge is -2.33. The second-order valence-corrected chi connectivity index (χ2v) is 7.04. The van der Waals surface area contributed by atoms with Crippen LogP contribution in [-0.4, -0.2) is 57.8 Å². The third-order valence-corrected chi connectivity index (χ3v) is 5.23. The van der Waals surface area contributed by atoms with Crippen LogP contribution in [0.3, 0.4) is 0 Å². The summed E-state index contributed by atoms with van der Waals surface area (Å²) in [6, 6.07) is 4.54. The molecule has 1 aliphatic heterocycles. The molecule has 1 aliphatic rings. The molecule has 0 aliphatic carbocycles. The van der Waals surface area contributed by atoms with E-state index in [1.807, 2.05) is 11.9 Å². The van der Waals surface area contributed by atoms with E-state index in [0.717, 1.165) is 19.2 Å². The van der Waals surface area contributed by atoms with Crippen LogP contribution in [0.4, 0.5) is 10.2 Å². The lowest BCUT2D eigenvalue weighted by atomic mass is 10.2. The second-order valence-electron chi connectivity index (χ2n) is 7.04. The summed E-state index contributed by atoms with van der Waals surface area (Å²) < 4.78 is 21.8. The average molecular weight is 396 g/mol. The Kier molecular flexibility index (Phi) is 3.95. The van der Waals surface area contributed by atoms with Gasteiger partial charge in [0, 0.05) is 38.6 Å². The third kappa shape index (κ3) is 2.71. The zero-order valence-electron chi connectivity index (χ0n) is 15.6. The first-order valence-corrected chi connectivity index (χ1v) is 9.15. The predicted octanol–water partition coefficient (Wildman–Crippen LogP) is 1.11. The monoisotopic (exact) mass is 396 g/mol. The van der Waals surface area contributed by atoms with Gasteiger partial charge in [0.1, 0.15) is 0 Å². The van der Waals surface area contributed by atoms with Gasteiger partial charge in [-0.15, -0.1) is 0 Å². The molecular formula is C19H17FN6O3. The molecule has 0 spiro atoms. The van der Waals surface area contributed by atoms with Crippen molar-refractivity contribution in [1.82, 2.24) is 24.6 Å². The number of aromatic amines is 1. The fourth-order valence-electron chi connectivity index (χ4n) is 3.66. The summed E-state index contributed by atoms with van der Waals surface area (Å²) in [7, 11) is 2.01. The van der Waals surface area contributed by atoms with Gasteiger partial charge in [0.05, 0.1) is 11.1 Å². The molecule has 148 valence electrons. The largest absolute Gasteiger partial charge is 0.359 e. The van der Waals surface area contributed by atoms with Gasteiger partial charge >= 0.3 is 0 Å². The second kappa shape index (κ2) is 6.52. The first-order chi connectivity index (χ1) is 14.0. The van der Waals surface area contributed by atoms with E-state index in [0.29, 0.717) is 18.8 Å². The van der Waals surface area contributed by atoms with Crippen LogP contribution in [0.25, 0.3) is 27.8 Å². The first-order valence-electron chi connectivity index (χ1n) is 9.15. The molecule has 1 N–H and O–H groups in total. The molecule has 0 amide bonds. The van der Waals surface area contributed by atoms with Crippen molar-refractivity contribution in [2.75, 3.05) is 38.1 Å². The van der Waals surface area contributed by atoms with Gasteiger partial charge in [0.15, 0.2) is 22.7 Å². The van der Waals surface area contributed by atoms with Crippen LogP contribution in [0.15, 0.2) is 44.7 Å². The maximum atomic E-state index is 15.0. The number of hydrogen-bond donors (Lipinski definition) is 1. The number of anilines is 1. The van der Waals surface area contributed by atoms with E-state index in [1.165, 1.54) is 4.57 Å². The van der Waals surface area contributed by atoms with Crippen molar-refractivity contribution in [3.63, 3.8) is 0 Å². The van der Waals surface area contributed by atoms with Gasteiger partial charge < -0.3 is 14.3 Å². The van der Waals surface area contributed by atoms with Crippen molar-refractivity contribution in [1.29, 1.82) is 0 Å². The van der Waals surface area contributed by atoms with Gasteiger partial charge in [0.25, 0.3) is 5.56 Å². The van der Waals surface area contributed by atoms with Crippen molar-refractivity contribution in [2.45, 2.75) is 0 Å². The molecule has 1 fully saturated rings. The number of H-pyrrole nitrogens is 1. The minimum Gasteiger partial charge on any atom is -0.359 e. The number of likely N-dealkylation sites (N-methyl/N-ethyl adjacent to an activating group) is 1. The normalized spacial score (nSPS) is 15.4. The van der Waals surface area contributed by atoms with Crippen LogP contribution in [0.2, 0.25) is 0 Å². The smallest absolute Gasteiger partial charge is 0.293 e. The molecule has 0 bridgehead atoms.